The molecule has 1 fully saturated rings. The lowest BCUT2D eigenvalue weighted by molar-refractivity contribution is 0.0698. The molecule has 2 atom stereocenters. The third-order valence-corrected chi connectivity index (χ3v) is 3.38. The number of carbonyl (C=O) groups is 1. The minimum Gasteiger partial charge on any atom is -0.478 e. The fourth-order valence-corrected chi connectivity index (χ4v) is 2.20. The molecule has 0 amide bonds. The monoisotopic (exact) mass is 251 g/mol. The lowest BCUT2D eigenvalue weighted by Gasteiger charge is -2.19. The molecule has 2 heterocycles. The third kappa shape index (κ3) is 2.38. The Hall–Kier alpha value is -1.82. The zero-order valence-electron chi connectivity index (χ0n) is 10.2. The van der Waals surface area contributed by atoms with E-state index in [-0.39, 0.29) is 23.3 Å². The van der Waals surface area contributed by atoms with Gasteiger partial charge in [-0.1, -0.05) is 0 Å². The topological polar surface area (TPSA) is 99.7 Å². The number of hydrogen-bond acceptors (Lipinski definition) is 5. The van der Waals surface area contributed by atoms with Gasteiger partial charge in [0.1, 0.15) is 5.82 Å². The number of carboxylic acids is 1. The molecular formula is C12H17N3O3. The van der Waals surface area contributed by atoms with E-state index in [0.29, 0.717) is 12.4 Å². The van der Waals surface area contributed by atoms with Crippen molar-refractivity contribution < 1.29 is 15.0 Å². The zero-order chi connectivity index (χ0) is 13.3. The number of nitrogens with two attached hydrogens (primary N) is 1. The van der Waals surface area contributed by atoms with Crippen molar-refractivity contribution in [2.45, 2.75) is 19.4 Å². The van der Waals surface area contributed by atoms with Gasteiger partial charge in [-0.05, 0) is 19.4 Å². The number of pyridine rings is 1. The normalized spacial score (nSPS) is 21.0. The van der Waals surface area contributed by atoms with Crippen LogP contribution in [0.3, 0.4) is 0 Å². The van der Waals surface area contributed by atoms with E-state index in [1.807, 2.05) is 4.90 Å². The molecule has 6 heteroatoms. The van der Waals surface area contributed by atoms with Gasteiger partial charge in [0.15, 0.2) is 0 Å². The first-order valence-electron chi connectivity index (χ1n) is 5.91. The molecule has 4 N–H and O–H groups in total. The highest BCUT2D eigenvalue weighted by Gasteiger charge is 2.27. The standard InChI is InChI=1S/C12H17N3O3/c1-7(16)8-2-3-15(6-8)11-4-9(12(17)18)10(13)5-14-11/h4-5,7-8,16H,2-3,6,13H2,1H3,(H,17,18). The van der Waals surface area contributed by atoms with Crippen molar-refractivity contribution in [3.63, 3.8) is 0 Å². The highest BCUT2D eigenvalue weighted by molar-refractivity contribution is 5.94. The maximum absolute atomic E-state index is 11.0. The van der Waals surface area contributed by atoms with Crippen molar-refractivity contribution in [1.82, 2.24) is 4.98 Å². The van der Waals surface area contributed by atoms with Crippen molar-refractivity contribution in [3.8, 4) is 0 Å². The fourth-order valence-electron chi connectivity index (χ4n) is 2.20. The molecule has 2 unspecified atom stereocenters. The molecular weight excluding hydrogens is 234 g/mol. The van der Waals surface area contributed by atoms with E-state index >= 15 is 0 Å². The van der Waals surface area contributed by atoms with Crippen LogP contribution in [0.1, 0.15) is 23.7 Å². The van der Waals surface area contributed by atoms with Crippen LogP contribution in [0.25, 0.3) is 0 Å². The summed E-state index contributed by atoms with van der Waals surface area (Å²) in [4.78, 5) is 17.1. The predicted octanol–water partition coefficient (Wildman–Crippen LogP) is 0.569. The van der Waals surface area contributed by atoms with Crippen molar-refractivity contribution in [1.29, 1.82) is 0 Å². The van der Waals surface area contributed by atoms with Gasteiger partial charge in [-0.15, -0.1) is 0 Å². The Morgan fingerprint density at radius 2 is 2.39 bits per heavy atom. The summed E-state index contributed by atoms with van der Waals surface area (Å²) in [5.74, 6) is -0.246. The molecule has 6 nitrogen and oxygen atoms in total. The molecule has 0 aromatic carbocycles. The number of hydrogen-bond donors (Lipinski definition) is 3. The van der Waals surface area contributed by atoms with Gasteiger partial charge in [0, 0.05) is 19.0 Å². The maximum atomic E-state index is 11.0. The smallest absolute Gasteiger partial charge is 0.337 e. The maximum Gasteiger partial charge on any atom is 0.337 e. The molecule has 1 aliphatic heterocycles. The Morgan fingerprint density at radius 3 is 2.94 bits per heavy atom. The summed E-state index contributed by atoms with van der Waals surface area (Å²) in [6, 6.07) is 1.49. The van der Waals surface area contributed by atoms with Gasteiger partial charge in [0.2, 0.25) is 0 Å². The van der Waals surface area contributed by atoms with Gasteiger partial charge < -0.3 is 20.8 Å². The first kappa shape index (κ1) is 12.6. The van der Waals surface area contributed by atoms with Crippen molar-refractivity contribution in [2.24, 2.45) is 5.92 Å². The molecule has 2 rings (SSSR count). The number of carboxylic acid groups (broad SMARTS) is 1. The highest BCUT2D eigenvalue weighted by atomic mass is 16.4. The molecule has 1 aliphatic rings. The van der Waals surface area contributed by atoms with E-state index in [0.717, 1.165) is 13.0 Å². The molecule has 0 spiro atoms. The molecule has 0 aliphatic carbocycles. The second-order valence-corrected chi connectivity index (χ2v) is 4.67. The Kier molecular flexibility index (Phi) is 3.38. The Morgan fingerprint density at radius 1 is 1.67 bits per heavy atom. The van der Waals surface area contributed by atoms with E-state index in [2.05, 4.69) is 4.98 Å². The van der Waals surface area contributed by atoms with E-state index in [4.69, 9.17) is 10.8 Å². The number of aliphatic hydroxyl groups is 1. The van der Waals surface area contributed by atoms with Gasteiger partial charge in [-0.3, -0.25) is 0 Å². The van der Waals surface area contributed by atoms with Crippen LogP contribution in [0, 0.1) is 5.92 Å². The minimum absolute atomic E-state index is 0.0699. The minimum atomic E-state index is -1.05. The molecule has 1 saturated heterocycles. The molecule has 1 aromatic heterocycles. The quantitative estimate of drug-likeness (QED) is 0.726. The summed E-state index contributed by atoms with van der Waals surface area (Å²) >= 11 is 0. The molecule has 0 bridgehead atoms. The second kappa shape index (κ2) is 4.81. The summed E-state index contributed by atoms with van der Waals surface area (Å²) in [6.07, 6.45) is 1.89. The lowest BCUT2D eigenvalue weighted by atomic mass is 10.0. The molecule has 0 saturated carbocycles. The van der Waals surface area contributed by atoms with Crippen LogP contribution >= 0.6 is 0 Å². The van der Waals surface area contributed by atoms with Crippen LogP contribution in [0.5, 0.6) is 0 Å². The average Bonchev–Trinajstić information content (AvgIpc) is 2.78. The summed E-state index contributed by atoms with van der Waals surface area (Å²) in [7, 11) is 0. The summed E-state index contributed by atoms with van der Waals surface area (Å²) in [6.45, 7) is 3.23. The summed E-state index contributed by atoms with van der Waals surface area (Å²) < 4.78 is 0. The Labute approximate surface area is 105 Å². The number of anilines is 2. The van der Waals surface area contributed by atoms with Crippen molar-refractivity contribution >= 4 is 17.5 Å². The largest absolute Gasteiger partial charge is 0.478 e. The van der Waals surface area contributed by atoms with Crippen LogP contribution in [0.15, 0.2) is 12.3 Å². The van der Waals surface area contributed by atoms with Crippen LogP contribution in [-0.4, -0.2) is 40.4 Å². The van der Waals surface area contributed by atoms with E-state index in [1.54, 1.807) is 6.92 Å². The Balaban J connectivity index is 2.20. The number of aliphatic hydroxyl groups excluding tert-OH is 1. The van der Waals surface area contributed by atoms with Crippen LogP contribution in [0.2, 0.25) is 0 Å². The average molecular weight is 251 g/mol. The van der Waals surface area contributed by atoms with Crippen molar-refractivity contribution in [3.05, 3.63) is 17.8 Å². The lowest BCUT2D eigenvalue weighted by Crippen LogP contribution is -2.25. The van der Waals surface area contributed by atoms with Gasteiger partial charge in [0.25, 0.3) is 0 Å². The summed E-state index contributed by atoms with van der Waals surface area (Å²) in [5, 5.41) is 18.5. The molecule has 18 heavy (non-hydrogen) atoms. The second-order valence-electron chi connectivity index (χ2n) is 4.67. The van der Waals surface area contributed by atoms with E-state index in [9.17, 15) is 9.90 Å². The highest BCUT2D eigenvalue weighted by Crippen LogP contribution is 2.26. The number of nitrogen functional groups attached to an aromatic ring is 1. The number of nitrogens with zero attached hydrogens (tertiary/aromatic N) is 2. The van der Waals surface area contributed by atoms with E-state index in [1.165, 1.54) is 12.3 Å². The Bertz CT molecular complexity index is 462. The van der Waals surface area contributed by atoms with E-state index < -0.39 is 5.97 Å². The predicted molar refractivity (Wildman–Crippen MR) is 67.6 cm³/mol. The van der Waals surface area contributed by atoms with Gasteiger partial charge in [-0.2, -0.15) is 0 Å². The fraction of sp³-hybridized carbons (Fsp3) is 0.500. The SMILES string of the molecule is CC(O)C1CCN(c2cc(C(=O)O)c(N)cn2)C1. The molecule has 98 valence electrons. The van der Waals surface area contributed by atoms with Gasteiger partial charge in [-0.25, -0.2) is 9.78 Å². The number of rotatable bonds is 3. The first-order valence-corrected chi connectivity index (χ1v) is 5.91. The van der Waals surface area contributed by atoms with Crippen LogP contribution < -0.4 is 10.6 Å². The number of aromatic carboxylic acids is 1. The number of aromatic nitrogens is 1. The zero-order valence-corrected chi connectivity index (χ0v) is 10.2. The summed E-state index contributed by atoms with van der Waals surface area (Å²) in [5.41, 5.74) is 5.80. The van der Waals surface area contributed by atoms with Crippen LogP contribution in [-0.2, 0) is 0 Å². The third-order valence-electron chi connectivity index (χ3n) is 3.38. The van der Waals surface area contributed by atoms with Gasteiger partial charge >= 0.3 is 5.97 Å². The molecule has 0 radical (unpaired) electrons. The van der Waals surface area contributed by atoms with Gasteiger partial charge in [0.05, 0.1) is 23.6 Å². The van der Waals surface area contributed by atoms with Crippen LogP contribution in [0.4, 0.5) is 11.5 Å². The first-order chi connectivity index (χ1) is 8.49. The van der Waals surface area contributed by atoms with Crippen molar-refractivity contribution in [2.75, 3.05) is 23.7 Å². The molecule has 1 aromatic rings.